The molecule has 0 saturated carbocycles. The molecular formula is C15H17Cl2NO3. The molecular weight excluding hydrogens is 313 g/mol. The quantitative estimate of drug-likeness (QED) is 0.801. The summed E-state index contributed by atoms with van der Waals surface area (Å²) in [6.07, 6.45) is 0.138. The van der Waals surface area contributed by atoms with Gasteiger partial charge in [0.1, 0.15) is 0 Å². The van der Waals surface area contributed by atoms with Crippen molar-refractivity contribution >= 4 is 35.1 Å². The van der Waals surface area contributed by atoms with Crippen LogP contribution in [0, 0.1) is 11.8 Å². The van der Waals surface area contributed by atoms with Crippen molar-refractivity contribution in [3.05, 3.63) is 33.8 Å². The van der Waals surface area contributed by atoms with Gasteiger partial charge in [0, 0.05) is 23.1 Å². The third kappa shape index (κ3) is 3.50. The summed E-state index contributed by atoms with van der Waals surface area (Å²) in [5.74, 6) is -0.527. The van der Waals surface area contributed by atoms with Crippen molar-refractivity contribution in [2.24, 2.45) is 11.8 Å². The maximum Gasteiger partial charge on any atom is 0.310 e. The predicted molar refractivity (Wildman–Crippen MR) is 81.4 cm³/mol. The number of methoxy groups -OCH3 is 1. The van der Waals surface area contributed by atoms with Crippen LogP contribution in [0.5, 0.6) is 0 Å². The van der Waals surface area contributed by atoms with Gasteiger partial charge < -0.3 is 9.64 Å². The van der Waals surface area contributed by atoms with Crippen LogP contribution < -0.4 is 0 Å². The Morgan fingerprint density at radius 1 is 1.29 bits per heavy atom. The molecule has 6 heteroatoms. The highest BCUT2D eigenvalue weighted by Crippen LogP contribution is 2.28. The number of likely N-dealkylation sites (tertiary alicyclic amines) is 1. The Bertz CT molecular complexity index is 542. The Labute approximate surface area is 134 Å². The van der Waals surface area contributed by atoms with E-state index in [0.717, 1.165) is 0 Å². The average Bonchev–Trinajstić information content (AvgIpc) is 2.84. The van der Waals surface area contributed by atoms with E-state index in [4.69, 9.17) is 27.9 Å². The number of hydrogen-bond acceptors (Lipinski definition) is 3. The molecule has 1 aliphatic rings. The van der Waals surface area contributed by atoms with Crippen molar-refractivity contribution in [3.8, 4) is 0 Å². The molecule has 2 unspecified atom stereocenters. The summed E-state index contributed by atoms with van der Waals surface area (Å²) in [6, 6.07) is 5.16. The summed E-state index contributed by atoms with van der Waals surface area (Å²) < 4.78 is 4.77. The van der Waals surface area contributed by atoms with Gasteiger partial charge in [-0.2, -0.15) is 0 Å². The zero-order valence-corrected chi connectivity index (χ0v) is 13.4. The fourth-order valence-electron chi connectivity index (χ4n) is 2.59. The zero-order valence-electron chi connectivity index (χ0n) is 11.9. The molecule has 2 rings (SSSR count). The summed E-state index contributed by atoms with van der Waals surface area (Å²) >= 11 is 12.2. The molecule has 1 aliphatic heterocycles. The number of halogens is 2. The van der Waals surface area contributed by atoms with Gasteiger partial charge in [0.2, 0.25) is 5.91 Å². The fourth-order valence-corrected chi connectivity index (χ4v) is 3.12. The Balaban J connectivity index is 2.07. The first kappa shape index (κ1) is 16.1. The molecule has 1 amide bonds. The first-order valence-electron chi connectivity index (χ1n) is 6.72. The molecule has 21 heavy (non-hydrogen) atoms. The van der Waals surface area contributed by atoms with Crippen LogP contribution in [0.1, 0.15) is 12.5 Å². The van der Waals surface area contributed by atoms with Crippen molar-refractivity contribution in [2.45, 2.75) is 13.3 Å². The molecule has 114 valence electrons. The van der Waals surface area contributed by atoms with Crippen molar-refractivity contribution in [3.63, 3.8) is 0 Å². The molecule has 1 heterocycles. The second-order valence-corrected chi connectivity index (χ2v) is 6.10. The number of carbonyl (C=O) groups excluding carboxylic acids is 2. The minimum Gasteiger partial charge on any atom is -0.469 e. The van der Waals surface area contributed by atoms with Crippen LogP contribution in [0.2, 0.25) is 10.0 Å². The highest BCUT2D eigenvalue weighted by atomic mass is 35.5. The van der Waals surface area contributed by atoms with E-state index in [-0.39, 0.29) is 30.1 Å². The number of hydrogen-bond donors (Lipinski definition) is 0. The number of ether oxygens (including phenoxy) is 1. The Hall–Kier alpha value is -1.26. The van der Waals surface area contributed by atoms with Crippen molar-refractivity contribution in [1.29, 1.82) is 0 Å². The lowest BCUT2D eigenvalue weighted by Crippen LogP contribution is -2.31. The van der Waals surface area contributed by atoms with Crippen LogP contribution >= 0.6 is 23.2 Å². The topological polar surface area (TPSA) is 46.6 Å². The largest absolute Gasteiger partial charge is 0.469 e. The van der Waals surface area contributed by atoms with E-state index < -0.39 is 0 Å². The van der Waals surface area contributed by atoms with Gasteiger partial charge in [0.25, 0.3) is 0 Å². The van der Waals surface area contributed by atoms with Gasteiger partial charge in [0.05, 0.1) is 19.4 Å². The van der Waals surface area contributed by atoms with E-state index in [1.54, 1.807) is 23.1 Å². The first-order chi connectivity index (χ1) is 9.93. The Morgan fingerprint density at radius 2 is 1.90 bits per heavy atom. The first-order valence-corrected chi connectivity index (χ1v) is 7.48. The minimum atomic E-state index is -0.270. The van der Waals surface area contributed by atoms with Gasteiger partial charge >= 0.3 is 5.97 Å². The van der Waals surface area contributed by atoms with Gasteiger partial charge in [-0.05, 0) is 23.6 Å². The van der Waals surface area contributed by atoms with E-state index in [0.29, 0.717) is 28.7 Å². The molecule has 1 saturated heterocycles. The third-order valence-corrected chi connectivity index (χ3v) is 4.57. The number of nitrogens with zero attached hydrogens (tertiary/aromatic N) is 1. The molecule has 0 N–H and O–H groups in total. The highest BCUT2D eigenvalue weighted by molar-refractivity contribution is 6.36. The van der Waals surface area contributed by atoms with E-state index in [2.05, 4.69) is 0 Å². The van der Waals surface area contributed by atoms with E-state index in [1.165, 1.54) is 7.11 Å². The lowest BCUT2D eigenvalue weighted by Gasteiger charge is -2.17. The molecule has 0 aliphatic carbocycles. The van der Waals surface area contributed by atoms with E-state index in [9.17, 15) is 9.59 Å². The van der Waals surface area contributed by atoms with Gasteiger partial charge in [-0.3, -0.25) is 9.59 Å². The highest BCUT2D eigenvalue weighted by Gasteiger charge is 2.37. The maximum atomic E-state index is 12.4. The fraction of sp³-hybridized carbons (Fsp3) is 0.467. The summed E-state index contributed by atoms with van der Waals surface area (Å²) in [4.78, 5) is 25.7. The summed E-state index contributed by atoms with van der Waals surface area (Å²) in [5.41, 5.74) is 0.625. The van der Waals surface area contributed by atoms with Gasteiger partial charge in [-0.25, -0.2) is 0 Å². The molecule has 0 radical (unpaired) electrons. The number of carbonyl (C=O) groups is 2. The van der Waals surface area contributed by atoms with Gasteiger partial charge in [0.15, 0.2) is 0 Å². The van der Waals surface area contributed by atoms with E-state index in [1.807, 2.05) is 6.92 Å². The van der Waals surface area contributed by atoms with Crippen molar-refractivity contribution in [2.75, 3.05) is 20.2 Å². The summed E-state index contributed by atoms with van der Waals surface area (Å²) in [7, 11) is 1.36. The van der Waals surface area contributed by atoms with Crippen LogP contribution in [0.4, 0.5) is 0 Å². The smallest absolute Gasteiger partial charge is 0.310 e. The number of rotatable bonds is 3. The molecule has 0 bridgehead atoms. The molecule has 0 spiro atoms. The minimum absolute atomic E-state index is 0.0803. The molecule has 1 aromatic carbocycles. The van der Waals surface area contributed by atoms with Crippen LogP contribution in [0.15, 0.2) is 18.2 Å². The van der Waals surface area contributed by atoms with Crippen LogP contribution in [-0.4, -0.2) is 37.0 Å². The number of benzene rings is 1. The van der Waals surface area contributed by atoms with E-state index >= 15 is 0 Å². The summed E-state index contributed by atoms with van der Waals surface area (Å²) in [6.45, 7) is 2.87. The molecule has 4 nitrogen and oxygen atoms in total. The van der Waals surface area contributed by atoms with Gasteiger partial charge in [-0.15, -0.1) is 0 Å². The van der Waals surface area contributed by atoms with Crippen LogP contribution in [-0.2, 0) is 20.7 Å². The van der Waals surface area contributed by atoms with Crippen molar-refractivity contribution in [1.82, 2.24) is 4.90 Å². The predicted octanol–water partition coefficient (Wildman–Crippen LogP) is 2.80. The number of esters is 1. The normalized spacial score (nSPS) is 21.4. The Morgan fingerprint density at radius 3 is 2.48 bits per heavy atom. The van der Waals surface area contributed by atoms with Crippen LogP contribution in [0.25, 0.3) is 0 Å². The molecule has 1 fully saturated rings. The second-order valence-electron chi connectivity index (χ2n) is 5.28. The lowest BCUT2D eigenvalue weighted by molar-refractivity contribution is -0.146. The Kier molecular flexibility index (Phi) is 5.12. The average molecular weight is 330 g/mol. The standard InChI is InChI=1S/C15H17Cl2NO3/c1-9-7-18(8-11(9)15(20)21-2)14(19)6-10-12(16)4-3-5-13(10)17/h3-5,9,11H,6-8H2,1-2H3. The van der Waals surface area contributed by atoms with Crippen LogP contribution in [0.3, 0.4) is 0 Å². The van der Waals surface area contributed by atoms with Crippen molar-refractivity contribution < 1.29 is 14.3 Å². The summed E-state index contributed by atoms with van der Waals surface area (Å²) in [5, 5.41) is 0.959. The maximum absolute atomic E-state index is 12.4. The third-order valence-electron chi connectivity index (χ3n) is 3.86. The molecule has 1 aromatic rings. The lowest BCUT2D eigenvalue weighted by atomic mass is 9.99. The monoisotopic (exact) mass is 329 g/mol. The zero-order chi connectivity index (χ0) is 15.6. The second kappa shape index (κ2) is 6.67. The molecule has 0 aromatic heterocycles. The van der Waals surface area contributed by atoms with Gasteiger partial charge in [-0.1, -0.05) is 36.2 Å². The number of amides is 1. The molecule has 2 atom stereocenters. The SMILES string of the molecule is COC(=O)C1CN(C(=O)Cc2c(Cl)cccc2Cl)CC1C.